The molecule has 0 amide bonds. The molecule has 0 unspecified atom stereocenters. The van der Waals surface area contributed by atoms with Crippen LogP contribution in [0.4, 0.5) is 0 Å². The van der Waals surface area contributed by atoms with Gasteiger partial charge in [0.1, 0.15) is 13.2 Å². The average Bonchev–Trinajstić information content (AvgIpc) is 3.21. The van der Waals surface area contributed by atoms with E-state index in [0.29, 0.717) is 30.4 Å². The number of rotatable bonds is 3. The number of aromatic carboxylic acids is 1. The Labute approximate surface area is 138 Å². The van der Waals surface area contributed by atoms with E-state index in [9.17, 15) is 9.59 Å². The zero-order valence-electron chi connectivity index (χ0n) is 12.1. The van der Waals surface area contributed by atoms with Crippen LogP contribution < -0.4 is 15.2 Å². The molecule has 10 heteroatoms. The number of hydrogen-bond donors (Lipinski definition) is 2. The van der Waals surface area contributed by atoms with E-state index >= 15 is 0 Å². The molecule has 0 fully saturated rings. The second-order valence-corrected chi connectivity index (χ2v) is 5.71. The number of carbonyl (C=O) groups is 1. The van der Waals surface area contributed by atoms with E-state index in [2.05, 4.69) is 15.1 Å². The quantitative estimate of drug-likeness (QED) is 0.730. The van der Waals surface area contributed by atoms with Crippen LogP contribution in [0.2, 0.25) is 0 Å². The van der Waals surface area contributed by atoms with Gasteiger partial charge >= 0.3 is 11.7 Å². The summed E-state index contributed by atoms with van der Waals surface area (Å²) in [6, 6.07) is 5.44. The van der Waals surface area contributed by atoms with Gasteiger partial charge in [0.05, 0.1) is 5.69 Å². The summed E-state index contributed by atoms with van der Waals surface area (Å²) in [6.07, 6.45) is 0. The van der Waals surface area contributed by atoms with E-state index in [0.717, 1.165) is 10.2 Å². The number of carboxylic acids is 1. The molecule has 0 radical (unpaired) electrons. The van der Waals surface area contributed by atoms with E-state index in [1.807, 2.05) is 12.1 Å². The Morgan fingerprint density at radius 2 is 2.08 bits per heavy atom. The number of thiazole rings is 1. The highest BCUT2D eigenvalue weighted by Gasteiger charge is 2.17. The molecule has 4 rings (SSSR count). The number of fused-ring (bicyclic) bond motifs is 1. The molecular weight excluding hydrogens is 336 g/mol. The number of carboxylic acid groups (broad SMARTS) is 1. The van der Waals surface area contributed by atoms with Gasteiger partial charge in [-0.3, -0.25) is 4.98 Å². The fourth-order valence-corrected chi connectivity index (χ4v) is 3.03. The van der Waals surface area contributed by atoms with Gasteiger partial charge in [0, 0.05) is 10.9 Å². The highest BCUT2D eigenvalue weighted by atomic mass is 32.1. The lowest BCUT2D eigenvalue weighted by atomic mass is 10.1. The summed E-state index contributed by atoms with van der Waals surface area (Å²) in [5, 5.41) is 14.6. The number of nitrogens with zero attached hydrogens (tertiary/aromatic N) is 3. The fourth-order valence-electron chi connectivity index (χ4n) is 2.25. The van der Waals surface area contributed by atoms with Crippen LogP contribution in [0, 0.1) is 0 Å². The monoisotopic (exact) mass is 346 g/mol. The molecule has 0 spiro atoms. The van der Waals surface area contributed by atoms with Crippen molar-refractivity contribution < 1.29 is 19.4 Å². The summed E-state index contributed by atoms with van der Waals surface area (Å²) in [7, 11) is 0. The average molecular weight is 346 g/mol. The molecule has 24 heavy (non-hydrogen) atoms. The Balaban J connectivity index is 1.70. The van der Waals surface area contributed by atoms with Gasteiger partial charge in [-0.05, 0) is 18.2 Å². The molecular formula is C14H10N4O5S. The van der Waals surface area contributed by atoms with Crippen LogP contribution in [-0.2, 0) is 0 Å². The van der Waals surface area contributed by atoms with Gasteiger partial charge in [-0.1, -0.05) is 0 Å². The SMILES string of the molecule is O=C(O)c1nn(-c2nc(-c3ccc4c(c3)OCCO4)cs2)c(=O)[nH]1. The molecule has 0 saturated heterocycles. The number of hydrogen-bond acceptors (Lipinski definition) is 7. The Hall–Kier alpha value is -3.14. The van der Waals surface area contributed by atoms with Crippen molar-refractivity contribution in [2.75, 3.05) is 13.2 Å². The van der Waals surface area contributed by atoms with Gasteiger partial charge in [-0.15, -0.1) is 16.4 Å². The summed E-state index contributed by atoms with van der Waals surface area (Å²) in [4.78, 5) is 29.2. The van der Waals surface area contributed by atoms with E-state index in [-0.39, 0.29) is 5.13 Å². The summed E-state index contributed by atoms with van der Waals surface area (Å²) in [6.45, 7) is 1.00. The van der Waals surface area contributed by atoms with Crippen LogP contribution in [0.5, 0.6) is 11.5 Å². The first-order valence-corrected chi connectivity index (χ1v) is 7.78. The van der Waals surface area contributed by atoms with E-state index in [1.54, 1.807) is 11.4 Å². The number of H-pyrrole nitrogens is 1. The minimum absolute atomic E-state index is 0.272. The molecule has 0 atom stereocenters. The topological polar surface area (TPSA) is 119 Å². The molecule has 9 nitrogen and oxygen atoms in total. The van der Waals surface area contributed by atoms with Gasteiger partial charge < -0.3 is 14.6 Å². The normalized spacial score (nSPS) is 13.0. The summed E-state index contributed by atoms with van der Waals surface area (Å²) >= 11 is 1.18. The summed E-state index contributed by atoms with van der Waals surface area (Å²) < 4.78 is 11.9. The van der Waals surface area contributed by atoms with E-state index in [1.165, 1.54) is 11.3 Å². The minimum Gasteiger partial charge on any atom is -0.486 e. The summed E-state index contributed by atoms with van der Waals surface area (Å²) in [5.74, 6) is -0.431. The third kappa shape index (κ3) is 2.42. The van der Waals surface area contributed by atoms with Crippen molar-refractivity contribution in [3.8, 4) is 27.9 Å². The number of aromatic amines is 1. The van der Waals surface area contributed by atoms with Crippen LogP contribution >= 0.6 is 11.3 Å². The van der Waals surface area contributed by atoms with Crippen LogP contribution in [0.25, 0.3) is 16.4 Å². The third-order valence-corrected chi connectivity index (χ3v) is 4.15. The molecule has 1 aliphatic rings. The van der Waals surface area contributed by atoms with Crippen molar-refractivity contribution in [3.63, 3.8) is 0 Å². The Kier molecular flexibility index (Phi) is 3.31. The second-order valence-electron chi connectivity index (χ2n) is 4.87. The molecule has 0 aliphatic carbocycles. The predicted molar refractivity (Wildman–Crippen MR) is 83.2 cm³/mol. The Bertz CT molecular complexity index is 989. The summed E-state index contributed by atoms with van der Waals surface area (Å²) in [5.41, 5.74) is 0.762. The Morgan fingerprint density at radius 1 is 1.29 bits per heavy atom. The highest BCUT2D eigenvalue weighted by Crippen LogP contribution is 2.34. The maximum atomic E-state index is 11.8. The third-order valence-electron chi connectivity index (χ3n) is 3.33. The van der Waals surface area contributed by atoms with Crippen molar-refractivity contribution in [1.29, 1.82) is 0 Å². The van der Waals surface area contributed by atoms with Crippen LogP contribution in [-0.4, -0.2) is 44.0 Å². The van der Waals surface area contributed by atoms with Crippen molar-refractivity contribution in [2.24, 2.45) is 0 Å². The smallest absolute Gasteiger partial charge is 0.373 e. The molecule has 3 aromatic rings. The van der Waals surface area contributed by atoms with Gasteiger partial charge in [0.15, 0.2) is 11.5 Å². The molecule has 3 heterocycles. The first-order valence-electron chi connectivity index (χ1n) is 6.90. The predicted octanol–water partition coefficient (Wildman–Crippen LogP) is 1.15. The number of ether oxygens (including phenoxy) is 2. The van der Waals surface area contributed by atoms with Gasteiger partial charge in [0.2, 0.25) is 11.0 Å². The molecule has 2 aromatic heterocycles. The fraction of sp³-hybridized carbons (Fsp3) is 0.143. The molecule has 122 valence electrons. The largest absolute Gasteiger partial charge is 0.486 e. The Morgan fingerprint density at radius 3 is 2.83 bits per heavy atom. The van der Waals surface area contributed by atoms with Crippen LogP contribution in [0.3, 0.4) is 0 Å². The minimum atomic E-state index is -1.31. The van der Waals surface area contributed by atoms with E-state index < -0.39 is 17.5 Å². The molecule has 2 N–H and O–H groups in total. The lowest BCUT2D eigenvalue weighted by molar-refractivity contribution is 0.0683. The van der Waals surface area contributed by atoms with Crippen molar-refractivity contribution in [2.45, 2.75) is 0 Å². The second kappa shape index (κ2) is 5.49. The number of benzene rings is 1. The first-order chi connectivity index (χ1) is 11.6. The zero-order chi connectivity index (χ0) is 16.7. The standard InChI is InChI=1S/C14H10N4O5S/c19-12(20)11-16-13(21)18(17-11)14-15-8(6-24-14)7-1-2-9-10(5-7)23-4-3-22-9/h1-2,5-6H,3-4H2,(H,19,20)(H,16,17,21). The molecule has 1 aromatic carbocycles. The van der Waals surface area contributed by atoms with Crippen LogP contribution in [0.1, 0.15) is 10.6 Å². The lowest BCUT2D eigenvalue weighted by Crippen LogP contribution is -2.15. The number of aromatic nitrogens is 4. The molecule has 1 aliphatic heterocycles. The van der Waals surface area contributed by atoms with Gasteiger partial charge in [0.25, 0.3) is 0 Å². The maximum absolute atomic E-state index is 11.8. The van der Waals surface area contributed by atoms with Crippen molar-refractivity contribution >= 4 is 17.3 Å². The first kappa shape index (κ1) is 14.5. The zero-order valence-corrected chi connectivity index (χ0v) is 12.9. The molecule has 0 saturated carbocycles. The van der Waals surface area contributed by atoms with Crippen molar-refractivity contribution in [1.82, 2.24) is 19.7 Å². The van der Waals surface area contributed by atoms with Crippen LogP contribution in [0.15, 0.2) is 28.4 Å². The van der Waals surface area contributed by atoms with Gasteiger partial charge in [-0.2, -0.15) is 4.68 Å². The molecule has 0 bridgehead atoms. The van der Waals surface area contributed by atoms with Gasteiger partial charge in [-0.25, -0.2) is 14.6 Å². The lowest BCUT2D eigenvalue weighted by Gasteiger charge is -2.18. The van der Waals surface area contributed by atoms with Crippen molar-refractivity contribution in [3.05, 3.63) is 39.9 Å². The van der Waals surface area contributed by atoms with E-state index in [4.69, 9.17) is 14.6 Å². The maximum Gasteiger partial charge on any atom is 0.373 e. The number of nitrogens with one attached hydrogen (secondary N) is 1. The highest BCUT2D eigenvalue weighted by molar-refractivity contribution is 7.12.